The first-order chi connectivity index (χ1) is 9.61. The molecule has 0 saturated carbocycles. The maximum Gasteiger partial charge on any atom is 0.322 e. The van der Waals surface area contributed by atoms with Crippen LogP contribution in [0.4, 0.5) is 10.5 Å². The van der Waals surface area contributed by atoms with Crippen LogP contribution in [0.5, 0.6) is 0 Å². The minimum Gasteiger partial charge on any atom is -0.353 e. The van der Waals surface area contributed by atoms with E-state index in [1.807, 2.05) is 6.92 Å². The first-order valence-electron chi connectivity index (χ1n) is 6.72. The Balaban J connectivity index is 2.06. The van der Waals surface area contributed by atoms with E-state index in [9.17, 15) is 9.59 Å². The molecule has 1 atom stereocenters. The van der Waals surface area contributed by atoms with Gasteiger partial charge in [0.2, 0.25) is 5.91 Å². The number of rotatable bonds is 3. The number of hydrogen-bond acceptors (Lipinski definition) is 2. The van der Waals surface area contributed by atoms with E-state index in [4.69, 9.17) is 11.6 Å². The van der Waals surface area contributed by atoms with E-state index in [1.54, 1.807) is 29.2 Å². The lowest BCUT2D eigenvalue weighted by Crippen LogP contribution is -2.58. The van der Waals surface area contributed by atoms with E-state index in [2.05, 4.69) is 10.6 Å². The summed E-state index contributed by atoms with van der Waals surface area (Å²) >= 11 is 5.80. The Morgan fingerprint density at radius 2 is 2.15 bits per heavy atom. The molecule has 6 heteroatoms. The first kappa shape index (κ1) is 14.7. The molecule has 108 valence electrons. The lowest BCUT2D eigenvalue weighted by Gasteiger charge is -2.34. The Hall–Kier alpha value is -1.75. The molecule has 1 aliphatic rings. The number of carbonyl (C=O) groups is 2. The monoisotopic (exact) mass is 295 g/mol. The van der Waals surface area contributed by atoms with Crippen LogP contribution in [0.2, 0.25) is 5.02 Å². The molecule has 2 N–H and O–H groups in total. The Morgan fingerprint density at radius 3 is 2.80 bits per heavy atom. The fraction of sp³-hybridized carbons (Fsp3) is 0.429. The number of nitrogens with zero attached hydrogens (tertiary/aromatic N) is 1. The highest BCUT2D eigenvalue weighted by Crippen LogP contribution is 2.16. The fourth-order valence-corrected chi connectivity index (χ4v) is 2.37. The molecule has 0 bridgehead atoms. The molecule has 1 fully saturated rings. The topological polar surface area (TPSA) is 61.4 Å². The van der Waals surface area contributed by atoms with Crippen LogP contribution < -0.4 is 10.6 Å². The molecule has 1 heterocycles. The van der Waals surface area contributed by atoms with Gasteiger partial charge in [0.1, 0.15) is 6.04 Å². The molecule has 0 spiro atoms. The Morgan fingerprint density at radius 1 is 1.45 bits per heavy atom. The molecular weight excluding hydrogens is 278 g/mol. The molecule has 0 aromatic heterocycles. The van der Waals surface area contributed by atoms with Gasteiger partial charge in [-0.05, 0) is 30.7 Å². The van der Waals surface area contributed by atoms with E-state index in [0.717, 1.165) is 6.42 Å². The van der Waals surface area contributed by atoms with Gasteiger partial charge in [-0.25, -0.2) is 4.79 Å². The second kappa shape index (κ2) is 6.61. The van der Waals surface area contributed by atoms with Crippen molar-refractivity contribution in [2.45, 2.75) is 25.8 Å². The van der Waals surface area contributed by atoms with Gasteiger partial charge >= 0.3 is 6.03 Å². The van der Waals surface area contributed by atoms with Crippen LogP contribution in [0.15, 0.2) is 24.3 Å². The Labute approximate surface area is 123 Å². The average molecular weight is 296 g/mol. The van der Waals surface area contributed by atoms with Gasteiger partial charge in [0.05, 0.1) is 0 Å². The average Bonchev–Trinajstić information content (AvgIpc) is 2.43. The van der Waals surface area contributed by atoms with Crippen molar-refractivity contribution in [3.8, 4) is 0 Å². The van der Waals surface area contributed by atoms with Crippen molar-refractivity contribution >= 4 is 29.2 Å². The molecule has 1 aromatic rings. The van der Waals surface area contributed by atoms with Crippen LogP contribution in [0.1, 0.15) is 19.8 Å². The van der Waals surface area contributed by atoms with Gasteiger partial charge in [-0.15, -0.1) is 0 Å². The number of urea groups is 1. The third-order valence-electron chi connectivity index (χ3n) is 3.25. The summed E-state index contributed by atoms with van der Waals surface area (Å²) in [5, 5.41) is 6.21. The summed E-state index contributed by atoms with van der Waals surface area (Å²) < 4.78 is 0. The van der Waals surface area contributed by atoms with Crippen molar-refractivity contribution in [2.75, 3.05) is 18.4 Å². The molecule has 1 unspecified atom stereocenters. The smallest absolute Gasteiger partial charge is 0.322 e. The zero-order valence-electron chi connectivity index (χ0n) is 11.4. The predicted molar refractivity (Wildman–Crippen MR) is 78.9 cm³/mol. The van der Waals surface area contributed by atoms with Gasteiger partial charge in [-0.2, -0.15) is 0 Å². The van der Waals surface area contributed by atoms with Crippen LogP contribution in [0.3, 0.4) is 0 Å². The second-order valence-corrected chi connectivity index (χ2v) is 5.16. The maximum atomic E-state index is 12.3. The van der Waals surface area contributed by atoms with Crippen LogP contribution in [0.25, 0.3) is 0 Å². The van der Waals surface area contributed by atoms with E-state index in [1.165, 1.54) is 0 Å². The van der Waals surface area contributed by atoms with Gasteiger partial charge < -0.3 is 15.5 Å². The van der Waals surface area contributed by atoms with Crippen LogP contribution in [-0.4, -0.2) is 36.0 Å². The van der Waals surface area contributed by atoms with Crippen molar-refractivity contribution in [1.82, 2.24) is 10.2 Å². The highest BCUT2D eigenvalue weighted by Gasteiger charge is 2.32. The van der Waals surface area contributed by atoms with Crippen molar-refractivity contribution in [2.24, 2.45) is 0 Å². The van der Waals surface area contributed by atoms with Gasteiger partial charge in [-0.1, -0.05) is 24.9 Å². The summed E-state index contributed by atoms with van der Waals surface area (Å²) in [6.07, 6.45) is 1.52. The van der Waals surface area contributed by atoms with Crippen molar-refractivity contribution in [3.05, 3.63) is 29.3 Å². The first-order valence-corrected chi connectivity index (χ1v) is 7.10. The highest BCUT2D eigenvalue weighted by molar-refractivity contribution is 6.30. The molecular formula is C14H18ClN3O2. The third kappa shape index (κ3) is 3.42. The van der Waals surface area contributed by atoms with Gasteiger partial charge in [0, 0.05) is 23.8 Å². The number of halogens is 1. The van der Waals surface area contributed by atoms with Gasteiger partial charge in [0.25, 0.3) is 0 Å². The summed E-state index contributed by atoms with van der Waals surface area (Å²) in [5.74, 6) is -0.0793. The number of hydrogen-bond donors (Lipinski definition) is 2. The number of piperazine rings is 1. The summed E-state index contributed by atoms with van der Waals surface area (Å²) in [6, 6.07) is 6.26. The summed E-state index contributed by atoms with van der Waals surface area (Å²) in [4.78, 5) is 25.7. The molecule has 1 aliphatic heterocycles. The Kier molecular flexibility index (Phi) is 4.84. The zero-order chi connectivity index (χ0) is 14.5. The molecule has 3 amide bonds. The highest BCUT2D eigenvalue weighted by atomic mass is 35.5. The standard InChI is InChI=1S/C14H18ClN3O2/c1-2-3-12-13(19)16-8-9-18(12)14(20)17-11-6-4-10(15)5-7-11/h4-7,12H,2-3,8-9H2,1H3,(H,16,19)(H,17,20). The van der Waals surface area contributed by atoms with E-state index in [0.29, 0.717) is 30.2 Å². The van der Waals surface area contributed by atoms with Gasteiger partial charge in [0.15, 0.2) is 0 Å². The number of anilines is 1. The molecule has 0 aliphatic carbocycles. The lowest BCUT2D eigenvalue weighted by atomic mass is 10.1. The van der Waals surface area contributed by atoms with E-state index >= 15 is 0 Å². The van der Waals surface area contributed by atoms with E-state index < -0.39 is 0 Å². The molecule has 20 heavy (non-hydrogen) atoms. The molecule has 0 radical (unpaired) electrons. The van der Waals surface area contributed by atoms with E-state index in [-0.39, 0.29) is 18.0 Å². The van der Waals surface area contributed by atoms with Gasteiger partial charge in [-0.3, -0.25) is 4.79 Å². The SMILES string of the molecule is CCCC1C(=O)NCCN1C(=O)Nc1ccc(Cl)cc1. The molecule has 1 aromatic carbocycles. The summed E-state index contributed by atoms with van der Waals surface area (Å²) in [5.41, 5.74) is 0.667. The lowest BCUT2D eigenvalue weighted by molar-refractivity contribution is -0.127. The summed E-state index contributed by atoms with van der Waals surface area (Å²) in [7, 11) is 0. The molecule has 2 rings (SSSR count). The molecule has 1 saturated heterocycles. The minimum atomic E-state index is -0.388. The van der Waals surface area contributed by atoms with Crippen molar-refractivity contribution in [3.63, 3.8) is 0 Å². The number of amides is 3. The summed E-state index contributed by atoms with van der Waals surface area (Å²) in [6.45, 7) is 3.01. The normalized spacial score (nSPS) is 18.6. The quantitative estimate of drug-likeness (QED) is 0.900. The number of carbonyl (C=O) groups excluding carboxylic acids is 2. The number of benzene rings is 1. The number of nitrogens with one attached hydrogen (secondary N) is 2. The third-order valence-corrected chi connectivity index (χ3v) is 3.50. The predicted octanol–water partition coefficient (Wildman–Crippen LogP) is 2.47. The van der Waals surface area contributed by atoms with Crippen LogP contribution >= 0.6 is 11.6 Å². The van der Waals surface area contributed by atoms with Crippen LogP contribution in [-0.2, 0) is 4.79 Å². The van der Waals surface area contributed by atoms with Crippen LogP contribution in [0, 0.1) is 0 Å². The van der Waals surface area contributed by atoms with Crippen molar-refractivity contribution < 1.29 is 9.59 Å². The Bertz CT molecular complexity index is 490. The maximum absolute atomic E-state index is 12.3. The van der Waals surface area contributed by atoms with Crippen molar-refractivity contribution in [1.29, 1.82) is 0 Å². The second-order valence-electron chi connectivity index (χ2n) is 4.73. The fourth-order valence-electron chi connectivity index (χ4n) is 2.25. The zero-order valence-corrected chi connectivity index (χ0v) is 12.1. The minimum absolute atomic E-state index is 0.0793. The molecule has 5 nitrogen and oxygen atoms in total. The largest absolute Gasteiger partial charge is 0.353 e.